The molecule has 38 heavy (non-hydrogen) atoms. The van der Waals surface area contributed by atoms with Gasteiger partial charge in [-0.25, -0.2) is 4.79 Å². The van der Waals surface area contributed by atoms with Gasteiger partial charge in [0.1, 0.15) is 11.5 Å². The number of ether oxygens (including phenoxy) is 1. The van der Waals surface area contributed by atoms with Crippen molar-refractivity contribution in [3.05, 3.63) is 89.0 Å². The SMILES string of the molecule is NC(=O)c1cccc(Oc2cccc(CNC(=O)Nc3ccc(CN4CCNCC4)c(C(F)(F)F)c3)c2)c1. The zero-order valence-electron chi connectivity index (χ0n) is 20.5. The van der Waals surface area contributed by atoms with Crippen molar-refractivity contribution in [1.82, 2.24) is 15.5 Å². The number of halogens is 3. The number of hydrogen-bond donors (Lipinski definition) is 4. The monoisotopic (exact) mass is 527 g/mol. The van der Waals surface area contributed by atoms with E-state index < -0.39 is 23.7 Å². The molecular formula is C27H28F3N5O3. The van der Waals surface area contributed by atoms with Crippen LogP contribution in [0.3, 0.4) is 0 Å². The van der Waals surface area contributed by atoms with Gasteiger partial charge in [-0.2, -0.15) is 13.2 Å². The van der Waals surface area contributed by atoms with Crippen LogP contribution >= 0.6 is 0 Å². The summed E-state index contributed by atoms with van der Waals surface area (Å²) in [5, 5.41) is 8.29. The Morgan fingerprint density at radius 1 is 0.974 bits per heavy atom. The number of nitrogens with one attached hydrogen (secondary N) is 3. The van der Waals surface area contributed by atoms with Gasteiger partial charge in [0.25, 0.3) is 0 Å². The van der Waals surface area contributed by atoms with E-state index in [1.807, 2.05) is 4.90 Å². The molecule has 1 fully saturated rings. The molecule has 8 nitrogen and oxygen atoms in total. The molecule has 0 aliphatic carbocycles. The average Bonchev–Trinajstić information content (AvgIpc) is 2.89. The van der Waals surface area contributed by atoms with Crippen LogP contribution in [0.25, 0.3) is 0 Å². The number of alkyl halides is 3. The number of amides is 3. The molecule has 3 amide bonds. The summed E-state index contributed by atoms with van der Waals surface area (Å²) in [6.07, 6.45) is -4.55. The Labute approximate surface area is 218 Å². The molecule has 0 spiro atoms. The summed E-state index contributed by atoms with van der Waals surface area (Å²) < 4.78 is 47.0. The van der Waals surface area contributed by atoms with Crippen molar-refractivity contribution < 1.29 is 27.5 Å². The van der Waals surface area contributed by atoms with Crippen molar-refractivity contribution in [3.8, 4) is 11.5 Å². The van der Waals surface area contributed by atoms with Gasteiger partial charge in [0.15, 0.2) is 0 Å². The minimum Gasteiger partial charge on any atom is -0.457 e. The first-order valence-corrected chi connectivity index (χ1v) is 12.0. The number of carbonyl (C=O) groups is 2. The Morgan fingerprint density at radius 2 is 1.68 bits per heavy atom. The zero-order valence-corrected chi connectivity index (χ0v) is 20.5. The molecule has 11 heteroatoms. The third-order valence-electron chi connectivity index (χ3n) is 5.98. The largest absolute Gasteiger partial charge is 0.457 e. The Morgan fingerprint density at radius 3 is 2.39 bits per heavy atom. The number of nitrogens with zero attached hydrogens (tertiary/aromatic N) is 1. The smallest absolute Gasteiger partial charge is 0.416 e. The summed E-state index contributed by atoms with van der Waals surface area (Å²) in [6, 6.07) is 16.5. The van der Waals surface area contributed by atoms with Crippen molar-refractivity contribution in [2.24, 2.45) is 5.73 Å². The minimum atomic E-state index is -4.55. The third kappa shape index (κ3) is 7.46. The van der Waals surface area contributed by atoms with Gasteiger partial charge in [0, 0.05) is 50.5 Å². The Bertz CT molecular complexity index is 1290. The van der Waals surface area contributed by atoms with Crippen molar-refractivity contribution in [3.63, 3.8) is 0 Å². The maximum Gasteiger partial charge on any atom is 0.416 e. The Balaban J connectivity index is 1.36. The standard InChI is InChI=1S/C27H28F3N5O3/c28-27(29,30)24-15-21(8-7-20(24)17-35-11-9-32-10-12-35)34-26(37)33-16-18-3-1-5-22(13-18)38-23-6-2-4-19(14-23)25(31)36/h1-8,13-15,32H,9-12,16-17H2,(H2,31,36)(H2,33,34,37). The van der Waals surface area contributed by atoms with Gasteiger partial charge in [0.05, 0.1) is 5.56 Å². The number of piperazine rings is 1. The average molecular weight is 528 g/mol. The van der Waals surface area contributed by atoms with Crippen LogP contribution in [0.4, 0.5) is 23.7 Å². The highest BCUT2D eigenvalue weighted by Crippen LogP contribution is 2.34. The van der Waals surface area contributed by atoms with E-state index in [0.717, 1.165) is 19.2 Å². The highest BCUT2D eigenvalue weighted by molar-refractivity contribution is 5.93. The first-order chi connectivity index (χ1) is 18.2. The number of anilines is 1. The molecule has 200 valence electrons. The first-order valence-electron chi connectivity index (χ1n) is 12.0. The van der Waals surface area contributed by atoms with Crippen LogP contribution in [0.5, 0.6) is 11.5 Å². The van der Waals surface area contributed by atoms with E-state index in [-0.39, 0.29) is 24.3 Å². The molecule has 3 aromatic rings. The summed E-state index contributed by atoms with van der Waals surface area (Å²) in [7, 11) is 0. The molecule has 0 bridgehead atoms. The van der Waals surface area contributed by atoms with Gasteiger partial charge < -0.3 is 26.4 Å². The molecule has 0 saturated carbocycles. The number of rotatable bonds is 8. The van der Waals surface area contributed by atoms with E-state index in [4.69, 9.17) is 10.5 Å². The normalized spacial score (nSPS) is 14.1. The molecule has 1 saturated heterocycles. The fourth-order valence-corrected chi connectivity index (χ4v) is 4.09. The zero-order chi connectivity index (χ0) is 27.1. The number of hydrogen-bond acceptors (Lipinski definition) is 5. The van der Waals surface area contributed by atoms with E-state index in [9.17, 15) is 22.8 Å². The molecule has 0 aromatic heterocycles. The van der Waals surface area contributed by atoms with Gasteiger partial charge in [-0.3, -0.25) is 9.69 Å². The van der Waals surface area contributed by atoms with Crippen LogP contribution in [-0.2, 0) is 19.3 Å². The fraction of sp³-hybridized carbons (Fsp3) is 0.259. The second-order valence-corrected chi connectivity index (χ2v) is 8.85. The van der Waals surface area contributed by atoms with Crippen LogP contribution < -0.4 is 26.4 Å². The number of benzene rings is 3. The van der Waals surface area contributed by atoms with Crippen molar-refractivity contribution in [2.45, 2.75) is 19.3 Å². The fourth-order valence-electron chi connectivity index (χ4n) is 4.09. The molecule has 3 aromatic carbocycles. The summed E-state index contributed by atoms with van der Waals surface area (Å²) in [5.41, 5.74) is 5.76. The van der Waals surface area contributed by atoms with Gasteiger partial charge in [-0.05, 0) is 53.6 Å². The van der Waals surface area contributed by atoms with Gasteiger partial charge >= 0.3 is 12.2 Å². The lowest BCUT2D eigenvalue weighted by Gasteiger charge is -2.28. The molecule has 0 atom stereocenters. The van der Waals surface area contributed by atoms with Gasteiger partial charge in [-0.15, -0.1) is 0 Å². The summed E-state index contributed by atoms with van der Waals surface area (Å²) in [4.78, 5) is 25.8. The van der Waals surface area contributed by atoms with E-state index in [1.54, 1.807) is 42.5 Å². The van der Waals surface area contributed by atoms with E-state index in [1.165, 1.54) is 18.2 Å². The lowest BCUT2D eigenvalue weighted by Crippen LogP contribution is -2.43. The van der Waals surface area contributed by atoms with E-state index in [0.29, 0.717) is 35.7 Å². The maximum atomic E-state index is 13.8. The molecule has 4 rings (SSSR count). The van der Waals surface area contributed by atoms with Crippen molar-refractivity contribution in [1.29, 1.82) is 0 Å². The quantitative estimate of drug-likeness (QED) is 0.349. The number of carbonyl (C=O) groups excluding carboxylic acids is 2. The number of urea groups is 1. The summed E-state index contributed by atoms with van der Waals surface area (Å²) >= 11 is 0. The lowest BCUT2D eigenvalue weighted by atomic mass is 10.0. The van der Waals surface area contributed by atoms with Crippen LogP contribution in [0.15, 0.2) is 66.7 Å². The first kappa shape index (κ1) is 27.0. The molecular weight excluding hydrogens is 499 g/mol. The Kier molecular flexibility index (Phi) is 8.49. The van der Waals surface area contributed by atoms with Crippen LogP contribution in [0.1, 0.15) is 27.0 Å². The van der Waals surface area contributed by atoms with Gasteiger partial charge in [0.2, 0.25) is 5.91 Å². The minimum absolute atomic E-state index is 0.0466. The highest BCUT2D eigenvalue weighted by atomic mass is 19.4. The highest BCUT2D eigenvalue weighted by Gasteiger charge is 2.34. The van der Waals surface area contributed by atoms with Crippen LogP contribution in [-0.4, -0.2) is 43.0 Å². The van der Waals surface area contributed by atoms with Crippen molar-refractivity contribution in [2.75, 3.05) is 31.5 Å². The number of primary amides is 1. The Hall–Kier alpha value is -4.09. The number of nitrogens with two attached hydrogens (primary N) is 1. The molecule has 0 radical (unpaired) electrons. The summed E-state index contributed by atoms with van der Waals surface area (Å²) in [5.74, 6) is 0.321. The third-order valence-corrected chi connectivity index (χ3v) is 5.98. The molecule has 0 unspecified atom stereocenters. The molecule has 1 aliphatic heterocycles. The molecule has 5 N–H and O–H groups in total. The summed E-state index contributed by atoms with van der Waals surface area (Å²) in [6.45, 7) is 3.11. The van der Waals surface area contributed by atoms with E-state index >= 15 is 0 Å². The lowest BCUT2D eigenvalue weighted by molar-refractivity contribution is -0.138. The van der Waals surface area contributed by atoms with Crippen LogP contribution in [0.2, 0.25) is 0 Å². The van der Waals surface area contributed by atoms with E-state index in [2.05, 4.69) is 16.0 Å². The van der Waals surface area contributed by atoms with Crippen LogP contribution in [0, 0.1) is 0 Å². The predicted molar refractivity (Wildman–Crippen MR) is 137 cm³/mol. The second kappa shape index (κ2) is 12.0. The second-order valence-electron chi connectivity index (χ2n) is 8.85. The molecule has 1 heterocycles. The van der Waals surface area contributed by atoms with Gasteiger partial charge in [-0.1, -0.05) is 24.3 Å². The topological polar surface area (TPSA) is 109 Å². The molecule has 1 aliphatic rings. The van der Waals surface area contributed by atoms with Crippen molar-refractivity contribution >= 4 is 17.6 Å². The predicted octanol–water partition coefficient (Wildman–Crippen LogP) is 4.32. The maximum absolute atomic E-state index is 13.8.